The van der Waals surface area contributed by atoms with Crippen LogP contribution in [0.2, 0.25) is 0 Å². The summed E-state index contributed by atoms with van der Waals surface area (Å²) in [4.78, 5) is 0. The van der Waals surface area contributed by atoms with E-state index in [1.165, 1.54) is 0 Å². The lowest BCUT2D eigenvalue weighted by molar-refractivity contribution is -0.174. The van der Waals surface area contributed by atoms with Crippen LogP contribution in [-0.4, -0.2) is 22.2 Å². The molecule has 0 radical (unpaired) electrons. The number of halogens is 2. The molecule has 1 aliphatic carbocycles. The van der Waals surface area contributed by atoms with Crippen molar-refractivity contribution in [2.75, 3.05) is 6.54 Å². The zero-order chi connectivity index (χ0) is 12.1. The van der Waals surface area contributed by atoms with Crippen LogP contribution in [0.5, 0.6) is 0 Å². The number of piperidine rings is 1. The van der Waals surface area contributed by atoms with Crippen molar-refractivity contribution in [1.82, 2.24) is 15.1 Å². The van der Waals surface area contributed by atoms with Gasteiger partial charge in [-0.1, -0.05) is 0 Å². The van der Waals surface area contributed by atoms with Gasteiger partial charge in [0.1, 0.15) is 0 Å². The largest absolute Gasteiger partial charge is 0.310 e. The third kappa shape index (κ3) is 1.97. The van der Waals surface area contributed by atoms with E-state index in [0.29, 0.717) is 0 Å². The van der Waals surface area contributed by atoms with Crippen molar-refractivity contribution in [3.05, 3.63) is 18.0 Å². The predicted molar refractivity (Wildman–Crippen MR) is 59.8 cm³/mol. The molecule has 2 aliphatic rings. The van der Waals surface area contributed by atoms with E-state index in [2.05, 4.69) is 10.4 Å². The Hall–Kier alpha value is -0.970. The van der Waals surface area contributed by atoms with Crippen molar-refractivity contribution in [2.24, 2.45) is 12.5 Å². The molecular weight excluding hydrogens is 224 g/mol. The standard InChI is InChI=1S/C12H17F2N3/c1-17-6-9(5-16-17)10-4-11(2-3-15-10)7-12(13,14)8-11/h5-6,10,15H,2-4,7-8H2,1H3/t10-/m1/s1. The minimum Gasteiger partial charge on any atom is -0.310 e. The van der Waals surface area contributed by atoms with Crippen molar-refractivity contribution in [3.8, 4) is 0 Å². The number of hydrogen-bond donors (Lipinski definition) is 1. The molecule has 94 valence electrons. The molecule has 0 bridgehead atoms. The zero-order valence-corrected chi connectivity index (χ0v) is 9.92. The van der Waals surface area contributed by atoms with Gasteiger partial charge in [0.25, 0.3) is 0 Å². The SMILES string of the molecule is Cn1cc([C@H]2CC3(CCN2)CC(F)(F)C3)cn1. The first kappa shape index (κ1) is 11.1. The van der Waals surface area contributed by atoms with Gasteiger partial charge in [0, 0.05) is 37.7 Å². The van der Waals surface area contributed by atoms with E-state index in [9.17, 15) is 8.78 Å². The molecule has 2 heterocycles. The van der Waals surface area contributed by atoms with Crippen molar-refractivity contribution < 1.29 is 8.78 Å². The van der Waals surface area contributed by atoms with Crippen LogP contribution in [0.25, 0.3) is 0 Å². The fourth-order valence-electron chi connectivity index (χ4n) is 3.34. The highest BCUT2D eigenvalue weighted by Crippen LogP contribution is 2.58. The van der Waals surface area contributed by atoms with Crippen molar-refractivity contribution in [1.29, 1.82) is 0 Å². The quantitative estimate of drug-likeness (QED) is 0.817. The lowest BCUT2D eigenvalue weighted by Crippen LogP contribution is -2.52. The molecule has 1 N–H and O–H groups in total. The molecule has 1 aliphatic heterocycles. The van der Waals surface area contributed by atoms with E-state index in [1.807, 2.05) is 19.4 Å². The first-order valence-corrected chi connectivity index (χ1v) is 6.08. The maximum atomic E-state index is 13.1. The molecule has 1 saturated carbocycles. The molecule has 0 amide bonds. The Morgan fingerprint density at radius 3 is 2.82 bits per heavy atom. The van der Waals surface area contributed by atoms with Crippen LogP contribution in [0.1, 0.15) is 37.3 Å². The lowest BCUT2D eigenvalue weighted by atomic mass is 9.59. The Morgan fingerprint density at radius 2 is 2.24 bits per heavy atom. The van der Waals surface area contributed by atoms with Gasteiger partial charge in [-0.3, -0.25) is 4.68 Å². The smallest absolute Gasteiger partial charge is 0.249 e. The second-order valence-corrected chi connectivity index (χ2v) is 5.62. The van der Waals surface area contributed by atoms with Gasteiger partial charge in [-0.15, -0.1) is 0 Å². The van der Waals surface area contributed by atoms with Crippen molar-refractivity contribution >= 4 is 0 Å². The van der Waals surface area contributed by atoms with Gasteiger partial charge in [-0.05, 0) is 24.8 Å². The summed E-state index contributed by atoms with van der Waals surface area (Å²) >= 11 is 0. The zero-order valence-electron chi connectivity index (χ0n) is 9.92. The fourth-order valence-corrected chi connectivity index (χ4v) is 3.34. The van der Waals surface area contributed by atoms with Gasteiger partial charge in [-0.25, -0.2) is 8.78 Å². The van der Waals surface area contributed by atoms with Gasteiger partial charge in [0.15, 0.2) is 0 Å². The lowest BCUT2D eigenvalue weighted by Gasteiger charge is -2.51. The fraction of sp³-hybridized carbons (Fsp3) is 0.750. The average Bonchev–Trinajstić information content (AvgIpc) is 2.62. The third-order valence-electron chi connectivity index (χ3n) is 4.08. The number of nitrogens with one attached hydrogen (secondary N) is 1. The van der Waals surface area contributed by atoms with Crippen LogP contribution in [0, 0.1) is 5.41 Å². The summed E-state index contributed by atoms with van der Waals surface area (Å²) < 4.78 is 27.9. The number of aromatic nitrogens is 2. The molecule has 17 heavy (non-hydrogen) atoms. The molecular formula is C12H17F2N3. The van der Waals surface area contributed by atoms with Crippen LogP contribution in [-0.2, 0) is 7.05 Å². The molecule has 1 aromatic heterocycles. The minimum absolute atomic E-state index is 0.0679. The van der Waals surface area contributed by atoms with Crippen LogP contribution >= 0.6 is 0 Å². The van der Waals surface area contributed by atoms with Crippen molar-refractivity contribution in [2.45, 2.75) is 37.6 Å². The topological polar surface area (TPSA) is 29.9 Å². The summed E-state index contributed by atoms with van der Waals surface area (Å²) in [5, 5.41) is 7.54. The molecule has 3 nitrogen and oxygen atoms in total. The summed E-state index contributed by atoms with van der Waals surface area (Å²) in [6, 6.07) is 0.188. The van der Waals surface area contributed by atoms with E-state index in [0.717, 1.165) is 24.9 Å². The Balaban J connectivity index is 1.73. The predicted octanol–water partition coefficient (Wildman–Crippen LogP) is 2.26. The molecule has 1 aromatic rings. The Labute approximate surface area is 99.2 Å². The van der Waals surface area contributed by atoms with E-state index in [4.69, 9.17) is 0 Å². The first-order chi connectivity index (χ1) is 7.98. The summed E-state index contributed by atoms with van der Waals surface area (Å²) in [6.07, 6.45) is 5.62. The third-order valence-corrected chi connectivity index (χ3v) is 4.08. The van der Waals surface area contributed by atoms with E-state index < -0.39 is 5.92 Å². The van der Waals surface area contributed by atoms with Gasteiger partial charge < -0.3 is 5.32 Å². The first-order valence-electron chi connectivity index (χ1n) is 6.08. The number of rotatable bonds is 1. The molecule has 2 fully saturated rings. The normalized spacial score (nSPS) is 30.2. The van der Waals surface area contributed by atoms with Crippen LogP contribution in [0.4, 0.5) is 8.78 Å². The highest BCUT2D eigenvalue weighted by Gasteiger charge is 2.57. The second kappa shape index (κ2) is 3.51. The average molecular weight is 241 g/mol. The second-order valence-electron chi connectivity index (χ2n) is 5.62. The summed E-state index contributed by atoms with van der Waals surface area (Å²) in [5.74, 6) is -2.42. The van der Waals surface area contributed by atoms with Crippen LogP contribution < -0.4 is 5.32 Å². The van der Waals surface area contributed by atoms with E-state index >= 15 is 0 Å². The monoisotopic (exact) mass is 241 g/mol. The number of hydrogen-bond acceptors (Lipinski definition) is 2. The Morgan fingerprint density at radius 1 is 1.47 bits per heavy atom. The minimum atomic E-state index is -2.42. The van der Waals surface area contributed by atoms with Crippen LogP contribution in [0.3, 0.4) is 0 Å². The molecule has 1 saturated heterocycles. The highest BCUT2D eigenvalue weighted by atomic mass is 19.3. The van der Waals surface area contributed by atoms with Gasteiger partial charge in [0.05, 0.1) is 6.20 Å². The summed E-state index contributed by atoms with van der Waals surface area (Å²) in [5.41, 5.74) is 0.983. The Bertz CT molecular complexity index is 419. The van der Waals surface area contributed by atoms with Gasteiger partial charge in [0.2, 0.25) is 5.92 Å². The Kier molecular flexibility index (Phi) is 2.30. The summed E-state index contributed by atoms with van der Waals surface area (Å²) in [6.45, 7) is 0.829. The number of aryl methyl sites for hydroxylation is 1. The number of nitrogens with zero attached hydrogens (tertiary/aromatic N) is 2. The van der Waals surface area contributed by atoms with Crippen molar-refractivity contribution in [3.63, 3.8) is 0 Å². The van der Waals surface area contributed by atoms with E-state index in [1.54, 1.807) is 4.68 Å². The number of alkyl halides is 2. The molecule has 0 aromatic carbocycles. The molecule has 3 rings (SSSR count). The van der Waals surface area contributed by atoms with E-state index in [-0.39, 0.29) is 24.3 Å². The van der Waals surface area contributed by atoms with Gasteiger partial charge in [-0.2, -0.15) is 5.10 Å². The van der Waals surface area contributed by atoms with Crippen LogP contribution in [0.15, 0.2) is 12.4 Å². The molecule has 1 atom stereocenters. The highest BCUT2D eigenvalue weighted by molar-refractivity contribution is 5.15. The maximum Gasteiger partial charge on any atom is 0.249 e. The molecule has 5 heteroatoms. The molecule has 1 spiro atoms. The van der Waals surface area contributed by atoms with Gasteiger partial charge >= 0.3 is 0 Å². The summed E-state index contributed by atoms with van der Waals surface area (Å²) in [7, 11) is 1.87. The maximum absolute atomic E-state index is 13.1. The molecule has 0 unspecified atom stereocenters.